The number of aliphatic hydroxyl groups is 2. The number of aliphatic hydroxyl groups excluding tert-OH is 2. The van der Waals surface area contributed by atoms with Crippen LogP contribution in [0, 0.1) is 32.1 Å². The molecule has 0 bridgehead atoms. The lowest BCUT2D eigenvalue weighted by molar-refractivity contribution is -0.385. The zero-order valence-electron chi connectivity index (χ0n) is 28.7. The first-order valence-electron chi connectivity index (χ1n) is 16.9. The number of benzene rings is 2. The molecule has 6 atom stereocenters. The minimum atomic E-state index is -0.946. The molecule has 3 aliphatic heterocycles. The topological polar surface area (TPSA) is 216 Å². The van der Waals surface area contributed by atoms with Crippen LogP contribution in [-0.2, 0) is 45.1 Å². The van der Waals surface area contributed by atoms with Gasteiger partial charge in [-0.3, -0.25) is 25.0 Å². The van der Waals surface area contributed by atoms with Gasteiger partial charge in [0.1, 0.15) is 18.9 Å². The summed E-state index contributed by atoms with van der Waals surface area (Å²) in [6.07, 6.45) is -0.228. The van der Waals surface area contributed by atoms with Gasteiger partial charge in [0.25, 0.3) is 11.4 Å². The predicted molar refractivity (Wildman–Crippen MR) is 191 cm³/mol. The molecule has 53 heavy (non-hydrogen) atoms. The molecule has 6 rings (SSSR count). The minimum Gasteiger partial charge on any atom is -0.456 e. The van der Waals surface area contributed by atoms with Gasteiger partial charge in [-0.15, -0.1) is 23.1 Å². The summed E-state index contributed by atoms with van der Waals surface area (Å²) >= 11 is 2.81. The number of hydrogen-bond acceptors (Lipinski definition) is 14. The number of esters is 1. The van der Waals surface area contributed by atoms with E-state index >= 15 is 0 Å². The third-order valence-electron chi connectivity index (χ3n) is 9.61. The number of fused-ring (bicyclic) bond motifs is 1. The van der Waals surface area contributed by atoms with Crippen molar-refractivity contribution in [1.29, 1.82) is 0 Å². The lowest BCUT2D eigenvalue weighted by Crippen LogP contribution is -2.63. The van der Waals surface area contributed by atoms with Gasteiger partial charge in [-0.1, -0.05) is 6.92 Å². The molecule has 2 N–H and O–H groups in total. The summed E-state index contributed by atoms with van der Waals surface area (Å²) in [7, 11) is 0. The first-order chi connectivity index (χ1) is 25.4. The Morgan fingerprint density at radius 2 is 1.64 bits per heavy atom. The number of non-ortho nitro benzene ring substituents is 2. The molecular weight excluding hydrogens is 731 g/mol. The molecule has 2 fully saturated rings. The number of carbonyl (C=O) groups excluding carboxylic acids is 3. The molecule has 18 heteroatoms. The lowest BCUT2D eigenvalue weighted by Gasteiger charge is -2.46. The van der Waals surface area contributed by atoms with Crippen LogP contribution in [0.25, 0.3) is 0 Å². The van der Waals surface area contributed by atoms with Gasteiger partial charge in [0, 0.05) is 77.8 Å². The number of rotatable bonds is 14. The maximum absolute atomic E-state index is 13.7. The van der Waals surface area contributed by atoms with E-state index in [1.165, 1.54) is 83.5 Å². The number of aromatic nitrogens is 1. The molecule has 16 nitrogen and oxygen atoms in total. The largest absolute Gasteiger partial charge is 0.456 e. The van der Waals surface area contributed by atoms with Crippen LogP contribution in [0.5, 0.6) is 0 Å². The zero-order valence-corrected chi connectivity index (χ0v) is 30.4. The van der Waals surface area contributed by atoms with Gasteiger partial charge in [-0.05, 0) is 48.7 Å². The number of thioether (sulfide) groups is 1. The van der Waals surface area contributed by atoms with E-state index in [2.05, 4.69) is 4.98 Å². The van der Waals surface area contributed by atoms with E-state index in [-0.39, 0.29) is 60.6 Å². The number of nitro groups is 2. The number of β-lactam (4-membered cyclic amide) rings is 1. The Morgan fingerprint density at radius 3 is 2.21 bits per heavy atom. The van der Waals surface area contributed by atoms with Crippen LogP contribution in [0.1, 0.15) is 42.1 Å². The van der Waals surface area contributed by atoms with Crippen LogP contribution in [0.15, 0.2) is 64.5 Å². The van der Waals surface area contributed by atoms with Crippen LogP contribution < -0.4 is 0 Å². The molecule has 2 unspecified atom stereocenters. The van der Waals surface area contributed by atoms with E-state index in [1.807, 2.05) is 12.3 Å². The summed E-state index contributed by atoms with van der Waals surface area (Å²) in [5.74, 6) is -2.18. The molecule has 2 amide bonds. The van der Waals surface area contributed by atoms with Crippen LogP contribution >= 0.6 is 23.1 Å². The average molecular weight is 768 g/mol. The number of nitro benzene ring substituents is 2. The second kappa shape index (κ2) is 16.0. The summed E-state index contributed by atoms with van der Waals surface area (Å²) in [6, 6.07) is 10.5. The van der Waals surface area contributed by atoms with E-state index in [4.69, 9.17) is 9.47 Å². The Kier molecular flexibility index (Phi) is 11.4. The summed E-state index contributed by atoms with van der Waals surface area (Å²) in [6.45, 7) is 3.32. The second-order valence-electron chi connectivity index (χ2n) is 13.1. The molecule has 280 valence electrons. The SMILES string of the molecule is C[C@@H](O)C1C(=O)N2C(C(=O)OCc3ccc([N+](=O)[O-])cc3)=C(S[C@H]3C[C@@H](Cc4nc(CCO)cs4)N(C(=O)OCc4ccc([N+](=O)[O-])cc4)C3)[C@H](C)C12. The van der Waals surface area contributed by atoms with Crippen LogP contribution in [-0.4, -0.2) is 89.4 Å². The van der Waals surface area contributed by atoms with Crippen LogP contribution in [0.4, 0.5) is 16.2 Å². The molecule has 4 heterocycles. The number of amides is 2. The predicted octanol–water partition coefficient (Wildman–Crippen LogP) is 4.36. The van der Waals surface area contributed by atoms with Crippen LogP contribution in [0.2, 0.25) is 0 Å². The van der Waals surface area contributed by atoms with E-state index in [1.54, 1.807) is 4.90 Å². The third kappa shape index (κ3) is 8.04. The Labute approximate surface area is 311 Å². The Balaban J connectivity index is 1.22. The maximum atomic E-state index is 13.7. The lowest BCUT2D eigenvalue weighted by atomic mass is 9.79. The molecule has 0 saturated carbocycles. The number of likely N-dealkylation sites (tertiary alicyclic amines) is 1. The van der Waals surface area contributed by atoms with Gasteiger partial charge < -0.3 is 29.5 Å². The van der Waals surface area contributed by atoms with E-state index in [9.17, 15) is 44.8 Å². The normalized spacial score (nSPS) is 22.7. The van der Waals surface area contributed by atoms with E-state index < -0.39 is 45.9 Å². The van der Waals surface area contributed by atoms with Crippen molar-refractivity contribution in [3.05, 3.63) is 107 Å². The molecule has 0 radical (unpaired) electrons. The van der Waals surface area contributed by atoms with Gasteiger partial charge in [0.05, 0.1) is 38.6 Å². The van der Waals surface area contributed by atoms with Gasteiger partial charge in [-0.2, -0.15) is 0 Å². The Morgan fingerprint density at radius 1 is 1.04 bits per heavy atom. The highest BCUT2D eigenvalue weighted by molar-refractivity contribution is 8.03. The minimum absolute atomic E-state index is 0.0468. The van der Waals surface area contributed by atoms with Crippen molar-refractivity contribution in [3.63, 3.8) is 0 Å². The fourth-order valence-corrected chi connectivity index (χ4v) is 9.43. The monoisotopic (exact) mass is 767 g/mol. The number of nitrogens with zero attached hydrogens (tertiary/aromatic N) is 5. The van der Waals surface area contributed by atoms with Crippen molar-refractivity contribution in [2.45, 2.75) is 69.8 Å². The first kappa shape index (κ1) is 37.8. The molecule has 2 saturated heterocycles. The Bertz CT molecular complexity index is 1920. The van der Waals surface area contributed by atoms with E-state index in [0.29, 0.717) is 35.3 Å². The maximum Gasteiger partial charge on any atom is 0.410 e. The third-order valence-corrected chi connectivity index (χ3v) is 12.0. The molecule has 2 aromatic carbocycles. The summed E-state index contributed by atoms with van der Waals surface area (Å²) in [4.78, 5) is 69.9. The van der Waals surface area contributed by atoms with Crippen molar-refractivity contribution in [1.82, 2.24) is 14.8 Å². The number of carbonyl (C=O) groups is 3. The molecule has 3 aliphatic rings. The summed E-state index contributed by atoms with van der Waals surface area (Å²) in [5, 5.41) is 44.3. The molecular formula is C35H37N5O11S2. The van der Waals surface area contributed by atoms with Crippen LogP contribution in [0.3, 0.4) is 0 Å². The van der Waals surface area contributed by atoms with Crippen molar-refractivity contribution in [2.75, 3.05) is 13.2 Å². The Hall–Kier alpha value is -4.91. The zero-order chi connectivity index (χ0) is 38.0. The highest BCUT2D eigenvalue weighted by atomic mass is 32.2. The molecule has 1 aromatic heterocycles. The fraction of sp³-hybridized carbons (Fsp3) is 0.429. The van der Waals surface area contributed by atoms with Gasteiger partial charge >= 0.3 is 12.1 Å². The van der Waals surface area contributed by atoms with Gasteiger partial charge in [0.15, 0.2) is 0 Å². The molecule has 0 spiro atoms. The number of ether oxygens (including phenoxy) is 2. The average Bonchev–Trinajstić information content (AvgIpc) is 3.81. The highest BCUT2D eigenvalue weighted by Gasteiger charge is 2.60. The van der Waals surface area contributed by atoms with Crippen molar-refractivity contribution in [3.8, 4) is 0 Å². The quantitative estimate of drug-likeness (QED) is 0.101. The molecule has 0 aliphatic carbocycles. The van der Waals surface area contributed by atoms with Gasteiger partial charge in [0.2, 0.25) is 5.91 Å². The summed E-state index contributed by atoms with van der Waals surface area (Å²) < 4.78 is 11.3. The van der Waals surface area contributed by atoms with Crippen molar-refractivity contribution < 1.29 is 43.9 Å². The highest BCUT2D eigenvalue weighted by Crippen LogP contribution is 2.52. The smallest absolute Gasteiger partial charge is 0.410 e. The number of hydrogen-bond donors (Lipinski definition) is 2. The molecule has 3 aromatic rings. The fourth-order valence-electron chi connectivity index (χ4n) is 6.97. The second-order valence-corrected chi connectivity index (χ2v) is 15.4. The van der Waals surface area contributed by atoms with Crippen molar-refractivity contribution in [2.24, 2.45) is 11.8 Å². The van der Waals surface area contributed by atoms with Gasteiger partial charge in [-0.25, -0.2) is 14.6 Å². The summed E-state index contributed by atoms with van der Waals surface area (Å²) in [5.41, 5.74) is 1.73. The first-order valence-corrected chi connectivity index (χ1v) is 18.7. The number of thiazole rings is 1. The van der Waals surface area contributed by atoms with Crippen molar-refractivity contribution >= 4 is 52.4 Å². The van der Waals surface area contributed by atoms with E-state index in [0.717, 1.165) is 10.7 Å². The standard InChI is InChI=1S/C35H37N5O11S2/c1-19-30-29(20(2)42)33(43)38(30)31(34(44)50-16-21-3-7-24(8-4-21)39(46)47)32(19)53-27-13-26(14-28-36-23(11-12-41)18-52-28)37(15-27)35(45)51-17-22-5-9-25(10-6-22)40(48)49/h3-10,18-20,26-27,29-30,41-42H,11-17H2,1-2H3/t19-,20-,26+,27+,29?,30?/m1/s1.